The summed E-state index contributed by atoms with van der Waals surface area (Å²) in [4.78, 5) is 23.8. The van der Waals surface area contributed by atoms with E-state index in [2.05, 4.69) is 18.3 Å². The van der Waals surface area contributed by atoms with Crippen LogP contribution in [0, 0.1) is 5.41 Å². The number of amides is 1. The minimum Gasteiger partial charge on any atom is -0.469 e. The van der Waals surface area contributed by atoms with Crippen LogP contribution in [0.25, 0.3) is 0 Å². The molecule has 1 aliphatic carbocycles. The van der Waals surface area contributed by atoms with Gasteiger partial charge >= 0.3 is 5.97 Å². The Morgan fingerprint density at radius 2 is 1.90 bits per heavy atom. The second-order valence-electron chi connectivity index (χ2n) is 5.78. The zero-order chi connectivity index (χ0) is 14.9. The number of esters is 1. The first-order chi connectivity index (χ1) is 9.40. The molecule has 1 aromatic carbocycles. The highest BCUT2D eigenvalue weighted by atomic mass is 16.5. The zero-order valence-corrected chi connectivity index (χ0v) is 12.4. The van der Waals surface area contributed by atoms with Gasteiger partial charge in [0, 0.05) is 6.92 Å². The average molecular weight is 275 g/mol. The molecule has 0 heterocycles. The van der Waals surface area contributed by atoms with Gasteiger partial charge in [-0.1, -0.05) is 31.2 Å². The van der Waals surface area contributed by atoms with Crippen molar-refractivity contribution in [2.24, 2.45) is 5.41 Å². The van der Waals surface area contributed by atoms with E-state index in [4.69, 9.17) is 4.74 Å². The number of hydrogen-bond acceptors (Lipinski definition) is 3. The number of fused-ring (bicyclic) bond motifs is 1. The molecule has 0 spiro atoms. The molecule has 1 amide bonds. The van der Waals surface area contributed by atoms with Crippen molar-refractivity contribution in [1.82, 2.24) is 5.32 Å². The van der Waals surface area contributed by atoms with Crippen LogP contribution in [0.2, 0.25) is 0 Å². The summed E-state index contributed by atoms with van der Waals surface area (Å²) >= 11 is 0. The fourth-order valence-electron chi connectivity index (χ4n) is 3.30. The summed E-state index contributed by atoms with van der Waals surface area (Å²) in [6.07, 6.45) is 0.654. The number of hydrogen-bond donors (Lipinski definition) is 1. The number of methoxy groups -OCH3 is 1. The molecular weight excluding hydrogens is 254 g/mol. The predicted octanol–water partition coefficient (Wildman–Crippen LogP) is 2.55. The molecule has 3 atom stereocenters. The van der Waals surface area contributed by atoms with Crippen LogP contribution < -0.4 is 5.32 Å². The van der Waals surface area contributed by atoms with Crippen molar-refractivity contribution in [3.05, 3.63) is 35.4 Å². The van der Waals surface area contributed by atoms with E-state index in [1.54, 1.807) is 0 Å². The minimum absolute atomic E-state index is 0.144. The molecule has 4 nitrogen and oxygen atoms in total. The van der Waals surface area contributed by atoms with Gasteiger partial charge in [-0.05, 0) is 30.4 Å². The van der Waals surface area contributed by atoms with Gasteiger partial charge in [-0.2, -0.15) is 0 Å². The van der Waals surface area contributed by atoms with Crippen LogP contribution in [0.4, 0.5) is 0 Å². The average Bonchev–Trinajstić information content (AvgIpc) is 2.42. The molecule has 3 unspecified atom stereocenters. The fraction of sp³-hybridized carbons (Fsp3) is 0.500. The molecule has 1 N–H and O–H groups in total. The molecule has 0 saturated carbocycles. The van der Waals surface area contributed by atoms with Crippen LogP contribution in [-0.4, -0.2) is 19.0 Å². The molecule has 1 aliphatic rings. The largest absolute Gasteiger partial charge is 0.469 e. The maximum atomic E-state index is 12.3. The first kappa shape index (κ1) is 14.6. The number of benzene rings is 1. The maximum absolute atomic E-state index is 12.3. The van der Waals surface area contributed by atoms with E-state index in [0.717, 1.165) is 5.56 Å². The fourth-order valence-corrected chi connectivity index (χ4v) is 3.30. The number of ether oxygens (including phenoxy) is 1. The first-order valence-electron chi connectivity index (χ1n) is 6.84. The van der Waals surface area contributed by atoms with Crippen molar-refractivity contribution in [3.8, 4) is 0 Å². The maximum Gasteiger partial charge on any atom is 0.313 e. The second kappa shape index (κ2) is 5.27. The molecule has 0 aromatic heterocycles. The lowest BCUT2D eigenvalue weighted by Crippen LogP contribution is -2.47. The van der Waals surface area contributed by atoms with Gasteiger partial charge in [0.2, 0.25) is 5.91 Å². The van der Waals surface area contributed by atoms with Gasteiger partial charge in [0.1, 0.15) is 0 Å². The summed E-state index contributed by atoms with van der Waals surface area (Å²) < 4.78 is 4.98. The third-order valence-corrected chi connectivity index (χ3v) is 4.20. The van der Waals surface area contributed by atoms with E-state index in [-0.39, 0.29) is 23.8 Å². The van der Waals surface area contributed by atoms with Crippen molar-refractivity contribution in [1.29, 1.82) is 0 Å². The highest BCUT2D eigenvalue weighted by molar-refractivity contribution is 5.81. The molecule has 0 bridgehead atoms. The van der Waals surface area contributed by atoms with E-state index in [1.807, 2.05) is 25.1 Å². The highest BCUT2D eigenvalue weighted by Crippen LogP contribution is 2.49. The Morgan fingerprint density at radius 1 is 1.30 bits per heavy atom. The lowest BCUT2D eigenvalue weighted by molar-refractivity contribution is -0.155. The van der Waals surface area contributed by atoms with E-state index in [0.29, 0.717) is 6.42 Å². The van der Waals surface area contributed by atoms with Gasteiger partial charge in [-0.3, -0.25) is 9.59 Å². The van der Waals surface area contributed by atoms with Gasteiger partial charge in [-0.25, -0.2) is 0 Å². The molecule has 0 radical (unpaired) electrons. The van der Waals surface area contributed by atoms with Crippen LogP contribution in [0.3, 0.4) is 0 Å². The SMILES string of the molecule is COC(=O)C1(C)CC(C)c2ccccc2C1NC(C)=O. The topological polar surface area (TPSA) is 55.4 Å². The molecule has 2 rings (SSSR count). The van der Waals surface area contributed by atoms with E-state index in [9.17, 15) is 9.59 Å². The van der Waals surface area contributed by atoms with Gasteiger partial charge < -0.3 is 10.1 Å². The smallest absolute Gasteiger partial charge is 0.313 e. The Hall–Kier alpha value is -1.84. The van der Waals surface area contributed by atoms with Crippen LogP contribution >= 0.6 is 0 Å². The van der Waals surface area contributed by atoms with E-state index >= 15 is 0 Å². The molecule has 20 heavy (non-hydrogen) atoms. The van der Waals surface area contributed by atoms with Crippen LogP contribution in [0.15, 0.2) is 24.3 Å². The monoisotopic (exact) mass is 275 g/mol. The van der Waals surface area contributed by atoms with Gasteiger partial charge in [0.05, 0.1) is 18.6 Å². The molecule has 1 aromatic rings. The third-order valence-electron chi connectivity index (χ3n) is 4.20. The molecule has 108 valence electrons. The Kier molecular flexibility index (Phi) is 3.84. The van der Waals surface area contributed by atoms with Crippen LogP contribution in [0.5, 0.6) is 0 Å². The van der Waals surface area contributed by atoms with Crippen molar-refractivity contribution in [2.45, 2.75) is 39.2 Å². The predicted molar refractivity (Wildman–Crippen MR) is 76.2 cm³/mol. The summed E-state index contributed by atoms with van der Waals surface area (Å²) in [7, 11) is 1.39. The van der Waals surface area contributed by atoms with Crippen molar-refractivity contribution in [3.63, 3.8) is 0 Å². The summed E-state index contributed by atoms with van der Waals surface area (Å²) in [6, 6.07) is 7.61. The van der Waals surface area contributed by atoms with Crippen molar-refractivity contribution in [2.75, 3.05) is 7.11 Å². The van der Waals surface area contributed by atoms with Crippen molar-refractivity contribution < 1.29 is 14.3 Å². The summed E-state index contributed by atoms with van der Waals surface area (Å²) in [5.41, 5.74) is 1.45. The van der Waals surface area contributed by atoms with Crippen molar-refractivity contribution >= 4 is 11.9 Å². The zero-order valence-electron chi connectivity index (χ0n) is 12.4. The normalized spacial score (nSPS) is 28.4. The minimum atomic E-state index is -0.742. The third kappa shape index (κ3) is 2.30. The van der Waals surface area contributed by atoms with Crippen LogP contribution in [-0.2, 0) is 14.3 Å². The van der Waals surface area contributed by atoms with E-state index in [1.165, 1.54) is 19.6 Å². The number of carbonyl (C=O) groups is 2. The summed E-state index contributed by atoms with van der Waals surface area (Å²) in [6.45, 7) is 5.44. The molecular formula is C16H21NO3. The molecule has 4 heteroatoms. The van der Waals surface area contributed by atoms with Gasteiger partial charge in [-0.15, -0.1) is 0 Å². The Morgan fingerprint density at radius 3 is 2.45 bits per heavy atom. The molecule has 0 aliphatic heterocycles. The number of nitrogens with one attached hydrogen (secondary N) is 1. The highest BCUT2D eigenvalue weighted by Gasteiger charge is 2.48. The van der Waals surface area contributed by atoms with Gasteiger partial charge in [0.25, 0.3) is 0 Å². The molecule has 0 fully saturated rings. The van der Waals surface area contributed by atoms with Crippen LogP contribution in [0.1, 0.15) is 50.3 Å². The Balaban J connectivity index is 2.55. The summed E-state index contributed by atoms with van der Waals surface area (Å²) in [5.74, 6) is -0.174. The lowest BCUT2D eigenvalue weighted by Gasteiger charge is -2.43. The lowest BCUT2D eigenvalue weighted by atomic mass is 9.65. The molecule has 0 saturated heterocycles. The Labute approximate surface area is 119 Å². The summed E-state index contributed by atoms with van der Waals surface area (Å²) in [5, 5.41) is 2.92. The van der Waals surface area contributed by atoms with Gasteiger partial charge in [0.15, 0.2) is 0 Å². The first-order valence-corrected chi connectivity index (χ1v) is 6.84. The van der Waals surface area contributed by atoms with E-state index < -0.39 is 5.41 Å². The Bertz CT molecular complexity index is 540. The second-order valence-corrected chi connectivity index (χ2v) is 5.78. The quantitative estimate of drug-likeness (QED) is 0.844. The standard InChI is InChI=1S/C16H21NO3/c1-10-9-16(3,15(19)20-4)14(17-11(2)18)13-8-6-5-7-12(10)13/h5-8,10,14H,9H2,1-4H3,(H,17,18). The number of rotatable bonds is 2. The number of carbonyl (C=O) groups excluding carboxylic acids is 2.